The van der Waals surface area contributed by atoms with Gasteiger partial charge in [0.25, 0.3) is 5.91 Å². The first kappa shape index (κ1) is 18.1. The Morgan fingerprint density at radius 2 is 1.77 bits per heavy atom. The fraction of sp³-hybridized carbons (Fsp3) is 0.444. The summed E-state index contributed by atoms with van der Waals surface area (Å²) in [7, 11) is 1.61. The lowest BCUT2D eigenvalue weighted by Crippen LogP contribution is -2.48. The highest BCUT2D eigenvalue weighted by Gasteiger charge is 2.33. The summed E-state index contributed by atoms with van der Waals surface area (Å²) in [5.41, 5.74) is 2.60. The average Bonchev–Trinajstić information content (AvgIpc) is 2.92. The molecule has 0 saturated carbocycles. The second-order valence-electron chi connectivity index (χ2n) is 6.72. The summed E-state index contributed by atoms with van der Waals surface area (Å²) in [5, 5.41) is 15.4. The number of amides is 1. The van der Waals surface area contributed by atoms with Crippen molar-refractivity contribution in [3.8, 4) is 0 Å². The molecular weight excluding hydrogens is 334 g/mol. The number of hydrogen-bond donors (Lipinski definition) is 0. The molecular formula is C18H23N5O3. The van der Waals surface area contributed by atoms with E-state index >= 15 is 0 Å². The molecule has 0 bridgehead atoms. The van der Waals surface area contributed by atoms with Crippen molar-refractivity contribution in [2.24, 2.45) is 7.05 Å². The van der Waals surface area contributed by atoms with Crippen LogP contribution in [0.2, 0.25) is 0 Å². The van der Waals surface area contributed by atoms with Crippen LogP contribution in [0.25, 0.3) is 0 Å². The fourth-order valence-corrected chi connectivity index (χ4v) is 3.17. The summed E-state index contributed by atoms with van der Waals surface area (Å²) >= 11 is 0. The topological polar surface area (TPSA) is 84.5 Å². The molecule has 8 nitrogen and oxygen atoms in total. The number of nitrogens with zero attached hydrogens (tertiary/aromatic N) is 5. The molecule has 26 heavy (non-hydrogen) atoms. The first-order valence-corrected chi connectivity index (χ1v) is 8.62. The van der Waals surface area contributed by atoms with Crippen molar-refractivity contribution < 1.29 is 9.72 Å². The van der Waals surface area contributed by atoms with E-state index in [1.54, 1.807) is 18.9 Å². The van der Waals surface area contributed by atoms with Gasteiger partial charge in [-0.15, -0.1) is 0 Å². The lowest BCUT2D eigenvalue weighted by atomic mass is 10.1. The van der Waals surface area contributed by atoms with Gasteiger partial charge in [-0.05, 0) is 19.4 Å². The molecule has 0 aliphatic carbocycles. The van der Waals surface area contributed by atoms with Crippen LogP contribution in [0.3, 0.4) is 0 Å². The third-order valence-corrected chi connectivity index (χ3v) is 4.87. The maximum absolute atomic E-state index is 12.7. The van der Waals surface area contributed by atoms with E-state index in [9.17, 15) is 14.9 Å². The Kier molecular flexibility index (Phi) is 5.03. The molecule has 1 saturated heterocycles. The van der Waals surface area contributed by atoms with Gasteiger partial charge in [-0.1, -0.05) is 29.8 Å². The Balaban J connectivity index is 1.65. The normalized spacial score (nSPS) is 15.3. The summed E-state index contributed by atoms with van der Waals surface area (Å²) in [6.45, 7) is 7.05. The van der Waals surface area contributed by atoms with E-state index < -0.39 is 4.92 Å². The van der Waals surface area contributed by atoms with Crippen LogP contribution in [0, 0.1) is 24.0 Å². The molecule has 0 atom stereocenters. The van der Waals surface area contributed by atoms with Gasteiger partial charge in [-0.25, -0.2) is 0 Å². The zero-order chi connectivity index (χ0) is 18.8. The van der Waals surface area contributed by atoms with E-state index in [4.69, 9.17) is 0 Å². The van der Waals surface area contributed by atoms with Crippen LogP contribution in [0.4, 0.5) is 5.69 Å². The number of benzene rings is 1. The molecule has 0 N–H and O–H groups in total. The second kappa shape index (κ2) is 7.25. The minimum atomic E-state index is -0.525. The zero-order valence-electron chi connectivity index (χ0n) is 15.3. The van der Waals surface area contributed by atoms with Gasteiger partial charge >= 0.3 is 5.69 Å². The first-order valence-electron chi connectivity index (χ1n) is 8.62. The maximum atomic E-state index is 12.7. The summed E-state index contributed by atoms with van der Waals surface area (Å²) in [6.07, 6.45) is 0. The Morgan fingerprint density at radius 1 is 1.15 bits per heavy atom. The van der Waals surface area contributed by atoms with Crippen LogP contribution in [0.15, 0.2) is 24.3 Å². The Labute approximate surface area is 152 Å². The second-order valence-corrected chi connectivity index (χ2v) is 6.72. The summed E-state index contributed by atoms with van der Waals surface area (Å²) in [4.78, 5) is 27.4. The molecule has 3 rings (SSSR count). The number of carbonyl (C=O) groups excluding carboxylic acids is 1. The largest absolute Gasteiger partial charge is 0.334 e. The summed E-state index contributed by atoms with van der Waals surface area (Å²) in [6, 6.07) is 8.43. The molecule has 8 heteroatoms. The number of carbonyl (C=O) groups is 1. The van der Waals surface area contributed by atoms with Crippen molar-refractivity contribution in [1.82, 2.24) is 19.6 Å². The van der Waals surface area contributed by atoms with E-state index in [0.717, 1.165) is 19.6 Å². The average molecular weight is 357 g/mol. The number of aryl methyl sites for hydroxylation is 2. The van der Waals surface area contributed by atoms with Crippen molar-refractivity contribution in [1.29, 1.82) is 0 Å². The number of rotatable bonds is 4. The molecule has 2 heterocycles. The van der Waals surface area contributed by atoms with Crippen LogP contribution in [-0.2, 0) is 13.6 Å². The van der Waals surface area contributed by atoms with Gasteiger partial charge < -0.3 is 4.90 Å². The van der Waals surface area contributed by atoms with E-state index in [0.29, 0.717) is 18.8 Å². The van der Waals surface area contributed by atoms with Crippen LogP contribution < -0.4 is 0 Å². The number of hydrogen-bond acceptors (Lipinski definition) is 5. The number of piperazine rings is 1. The fourth-order valence-electron chi connectivity index (χ4n) is 3.17. The lowest BCUT2D eigenvalue weighted by molar-refractivity contribution is -0.385. The van der Waals surface area contributed by atoms with Crippen LogP contribution in [0.1, 0.15) is 27.3 Å². The highest BCUT2D eigenvalue weighted by atomic mass is 16.6. The molecule has 0 spiro atoms. The summed E-state index contributed by atoms with van der Waals surface area (Å²) in [5.74, 6) is -0.365. The molecule has 0 radical (unpaired) electrons. The number of aromatic nitrogens is 2. The maximum Gasteiger partial charge on any atom is 0.322 e. The van der Waals surface area contributed by atoms with Gasteiger partial charge in [-0.3, -0.25) is 24.5 Å². The third kappa shape index (κ3) is 3.60. The summed E-state index contributed by atoms with van der Waals surface area (Å²) < 4.78 is 1.39. The van der Waals surface area contributed by atoms with E-state index in [-0.39, 0.29) is 17.3 Å². The lowest BCUT2D eigenvalue weighted by Gasteiger charge is -2.34. The quantitative estimate of drug-likeness (QED) is 0.616. The van der Waals surface area contributed by atoms with Crippen LogP contribution >= 0.6 is 0 Å². The van der Waals surface area contributed by atoms with Crippen molar-refractivity contribution in [2.75, 3.05) is 26.2 Å². The molecule has 2 aromatic rings. The Morgan fingerprint density at radius 3 is 2.35 bits per heavy atom. The standard InChI is InChI=1S/C18H23N5O3/c1-13-4-6-15(7-5-13)12-21-8-10-22(11-9-21)18(24)16-17(23(25)26)14(2)20(3)19-16/h4-7H,8-12H2,1-3H3. The van der Waals surface area contributed by atoms with E-state index in [1.807, 2.05) is 0 Å². The molecule has 1 fully saturated rings. The smallest absolute Gasteiger partial charge is 0.322 e. The highest BCUT2D eigenvalue weighted by Crippen LogP contribution is 2.24. The predicted molar refractivity (Wildman–Crippen MR) is 97.0 cm³/mol. The van der Waals surface area contributed by atoms with Crippen molar-refractivity contribution in [3.63, 3.8) is 0 Å². The van der Waals surface area contributed by atoms with Gasteiger partial charge in [0.15, 0.2) is 0 Å². The van der Waals surface area contributed by atoms with Crippen molar-refractivity contribution in [3.05, 3.63) is 56.9 Å². The zero-order valence-corrected chi connectivity index (χ0v) is 15.3. The van der Waals surface area contributed by atoms with Crippen LogP contribution in [-0.4, -0.2) is 56.6 Å². The molecule has 138 valence electrons. The van der Waals surface area contributed by atoms with Gasteiger partial charge in [0.2, 0.25) is 5.69 Å². The molecule has 1 aromatic heterocycles. The molecule has 1 aliphatic heterocycles. The molecule has 1 aromatic carbocycles. The van der Waals surface area contributed by atoms with E-state index in [2.05, 4.69) is 41.2 Å². The minimum absolute atomic E-state index is 0.0676. The molecule has 1 aliphatic rings. The predicted octanol–water partition coefficient (Wildman–Crippen LogP) is 1.90. The van der Waals surface area contributed by atoms with Crippen LogP contribution in [0.5, 0.6) is 0 Å². The Bertz CT molecular complexity index is 820. The SMILES string of the molecule is Cc1ccc(CN2CCN(C(=O)c3nn(C)c(C)c3[N+](=O)[O-])CC2)cc1. The van der Waals surface area contributed by atoms with Gasteiger partial charge in [-0.2, -0.15) is 5.10 Å². The van der Waals surface area contributed by atoms with Crippen molar-refractivity contribution >= 4 is 11.6 Å². The van der Waals surface area contributed by atoms with Gasteiger partial charge in [0.05, 0.1) is 4.92 Å². The Hall–Kier alpha value is -2.74. The van der Waals surface area contributed by atoms with E-state index in [1.165, 1.54) is 15.8 Å². The monoisotopic (exact) mass is 357 g/mol. The number of nitro groups is 1. The molecule has 0 unspecified atom stereocenters. The third-order valence-electron chi connectivity index (χ3n) is 4.87. The van der Waals surface area contributed by atoms with Gasteiger partial charge in [0.1, 0.15) is 5.69 Å². The van der Waals surface area contributed by atoms with Crippen molar-refractivity contribution in [2.45, 2.75) is 20.4 Å². The first-order chi connectivity index (χ1) is 12.4. The minimum Gasteiger partial charge on any atom is -0.334 e. The highest BCUT2D eigenvalue weighted by molar-refractivity contribution is 5.96. The van der Waals surface area contributed by atoms with Gasteiger partial charge in [0, 0.05) is 39.8 Å². The molecule has 1 amide bonds.